The second-order valence-electron chi connectivity index (χ2n) is 6.64. The van der Waals surface area contributed by atoms with E-state index in [1.807, 2.05) is 25.1 Å². The van der Waals surface area contributed by atoms with Crippen molar-refractivity contribution in [3.05, 3.63) is 51.9 Å². The molecule has 150 valence electrons. The number of nitrogens with zero attached hydrogens (tertiary/aromatic N) is 3. The van der Waals surface area contributed by atoms with Crippen LogP contribution in [-0.4, -0.2) is 48.6 Å². The molecule has 0 saturated carbocycles. The van der Waals surface area contributed by atoms with E-state index in [1.54, 1.807) is 37.6 Å². The van der Waals surface area contributed by atoms with Gasteiger partial charge in [0.25, 0.3) is 0 Å². The summed E-state index contributed by atoms with van der Waals surface area (Å²) in [5.41, 5.74) is 3.02. The summed E-state index contributed by atoms with van der Waals surface area (Å²) in [4.78, 5) is 14.2. The van der Waals surface area contributed by atoms with E-state index in [0.29, 0.717) is 13.1 Å². The molecule has 2 aromatic heterocycles. The van der Waals surface area contributed by atoms with Crippen molar-refractivity contribution in [3.63, 3.8) is 0 Å². The lowest BCUT2D eigenvalue weighted by molar-refractivity contribution is 0.119. The van der Waals surface area contributed by atoms with Gasteiger partial charge in [0.05, 0.1) is 12.2 Å². The number of aromatic amines is 1. The SMILES string of the molecule is CN=C(NCCc1c[nH]c2ccc(F)cc12)N(C)Cc1csc(C(C)OC)n1. The molecule has 1 aromatic carbocycles. The minimum Gasteiger partial charge on any atom is -0.375 e. The topological polar surface area (TPSA) is 65.5 Å². The highest BCUT2D eigenvalue weighted by Crippen LogP contribution is 2.21. The van der Waals surface area contributed by atoms with Crippen molar-refractivity contribution in [2.75, 3.05) is 27.7 Å². The number of rotatable bonds is 7. The second-order valence-corrected chi connectivity index (χ2v) is 7.53. The first-order valence-corrected chi connectivity index (χ1v) is 10.0. The first kappa shape index (κ1) is 20.3. The van der Waals surface area contributed by atoms with E-state index in [2.05, 4.69) is 25.7 Å². The highest BCUT2D eigenvalue weighted by molar-refractivity contribution is 7.09. The van der Waals surface area contributed by atoms with Crippen LogP contribution in [-0.2, 0) is 17.7 Å². The van der Waals surface area contributed by atoms with Gasteiger partial charge in [0, 0.05) is 50.2 Å². The molecule has 0 amide bonds. The molecule has 0 bridgehead atoms. The number of methoxy groups -OCH3 is 1. The smallest absolute Gasteiger partial charge is 0.193 e. The average Bonchev–Trinajstić information content (AvgIpc) is 3.31. The molecule has 1 atom stereocenters. The van der Waals surface area contributed by atoms with E-state index < -0.39 is 0 Å². The molecule has 28 heavy (non-hydrogen) atoms. The Hall–Kier alpha value is -2.45. The van der Waals surface area contributed by atoms with Crippen molar-refractivity contribution in [1.82, 2.24) is 20.2 Å². The van der Waals surface area contributed by atoms with E-state index in [1.165, 1.54) is 6.07 Å². The van der Waals surface area contributed by atoms with Gasteiger partial charge in [-0.05, 0) is 37.1 Å². The van der Waals surface area contributed by atoms with Gasteiger partial charge in [-0.3, -0.25) is 4.99 Å². The van der Waals surface area contributed by atoms with Crippen LogP contribution in [0.25, 0.3) is 10.9 Å². The Balaban J connectivity index is 1.56. The first-order chi connectivity index (χ1) is 13.5. The molecule has 0 aliphatic rings. The molecule has 8 heteroatoms. The summed E-state index contributed by atoms with van der Waals surface area (Å²) in [6, 6.07) is 4.80. The summed E-state index contributed by atoms with van der Waals surface area (Å²) in [5, 5.41) is 7.31. The number of benzene rings is 1. The van der Waals surface area contributed by atoms with Crippen molar-refractivity contribution in [3.8, 4) is 0 Å². The van der Waals surface area contributed by atoms with Gasteiger partial charge in [0.1, 0.15) is 16.9 Å². The molecule has 1 unspecified atom stereocenters. The van der Waals surface area contributed by atoms with Crippen LogP contribution in [0.1, 0.15) is 29.3 Å². The highest BCUT2D eigenvalue weighted by Gasteiger charge is 2.13. The number of guanidine groups is 1. The zero-order chi connectivity index (χ0) is 20.1. The van der Waals surface area contributed by atoms with E-state index in [9.17, 15) is 4.39 Å². The van der Waals surface area contributed by atoms with Gasteiger partial charge in [0.2, 0.25) is 0 Å². The maximum Gasteiger partial charge on any atom is 0.193 e. The quantitative estimate of drug-likeness (QED) is 0.466. The monoisotopic (exact) mass is 403 g/mol. The third-order valence-electron chi connectivity index (χ3n) is 4.65. The number of hydrogen-bond donors (Lipinski definition) is 2. The molecule has 3 aromatic rings. The summed E-state index contributed by atoms with van der Waals surface area (Å²) in [5.74, 6) is 0.572. The van der Waals surface area contributed by atoms with Gasteiger partial charge in [-0.1, -0.05) is 0 Å². The third kappa shape index (κ3) is 4.69. The van der Waals surface area contributed by atoms with Gasteiger partial charge >= 0.3 is 0 Å². The molecule has 0 spiro atoms. The first-order valence-electron chi connectivity index (χ1n) is 9.16. The molecule has 6 nitrogen and oxygen atoms in total. The van der Waals surface area contributed by atoms with Crippen LogP contribution in [0.4, 0.5) is 4.39 Å². The van der Waals surface area contributed by atoms with Gasteiger partial charge in [-0.2, -0.15) is 0 Å². The fraction of sp³-hybridized carbons (Fsp3) is 0.400. The lowest BCUT2D eigenvalue weighted by atomic mass is 10.1. The van der Waals surface area contributed by atoms with Crippen molar-refractivity contribution in [2.24, 2.45) is 4.99 Å². The lowest BCUT2D eigenvalue weighted by Gasteiger charge is -2.21. The Morgan fingerprint density at radius 2 is 2.29 bits per heavy atom. The minimum absolute atomic E-state index is 0.00232. The zero-order valence-corrected chi connectivity index (χ0v) is 17.4. The number of aliphatic imine (C=N–C) groups is 1. The van der Waals surface area contributed by atoms with Crippen LogP contribution in [0, 0.1) is 5.82 Å². The van der Waals surface area contributed by atoms with E-state index in [-0.39, 0.29) is 11.9 Å². The van der Waals surface area contributed by atoms with E-state index >= 15 is 0 Å². The van der Waals surface area contributed by atoms with Crippen LogP contribution in [0.5, 0.6) is 0 Å². The molecule has 0 aliphatic heterocycles. The van der Waals surface area contributed by atoms with Crippen molar-refractivity contribution < 1.29 is 9.13 Å². The number of halogens is 1. The second kappa shape index (κ2) is 9.16. The summed E-state index contributed by atoms with van der Waals surface area (Å²) < 4.78 is 18.8. The predicted octanol–water partition coefficient (Wildman–Crippen LogP) is 3.72. The number of ether oxygens (including phenoxy) is 1. The van der Waals surface area contributed by atoms with Gasteiger partial charge < -0.3 is 19.9 Å². The molecule has 0 aliphatic carbocycles. The maximum absolute atomic E-state index is 13.5. The van der Waals surface area contributed by atoms with Crippen LogP contribution in [0.2, 0.25) is 0 Å². The van der Waals surface area contributed by atoms with Crippen molar-refractivity contribution in [1.29, 1.82) is 0 Å². The fourth-order valence-electron chi connectivity index (χ4n) is 3.05. The minimum atomic E-state index is -0.220. The Kier molecular flexibility index (Phi) is 6.64. The number of hydrogen-bond acceptors (Lipinski definition) is 4. The Labute approximate surface area is 168 Å². The van der Waals surface area contributed by atoms with Crippen LogP contribution in [0.3, 0.4) is 0 Å². The van der Waals surface area contributed by atoms with E-state index in [0.717, 1.165) is 39.5 Å². The Morgan fingerprint density at radius 1 is 1.46 bits per heavy atom. The summed E-state index contributed by atoms with van der Waals surface area (Å²) in [6.45, 7) is 3.35. The number of H-pyrrole nitrogens is 1. The molecular weight excluding hydrogens is 377 g/mol. The largest absolute Gasteiger partial charge is 0.375 e. The summed E-state index contributed by atoms with van der Waals surface area (Å²) in [7, 11) is 5.43. The predicted molar refractivity (Wildman–Crippen MR) is 112 cm³/mol. The Bertz CT molecular complexity index is 951. The highest BCUT2D eigenvalue weighted by atomic mass is 32.1. The summed E-state index contributed by atoms with van der Waals surface area (Å²) >= 11 is 1.60. The fourth-order valence-corrected chi connectivity index (χ4v) is 3.89. The zero-order valence-electron chi connectivity index (χ0n) is 16.6. The molecule has 0 saturated heterocycles. The molecule has 0 radical (unpaired) electrons. The molecular formula is C20H26FN5OS. The maximum atomic E-state index is 13.5. The molecule has 3 rings (SSSR count). The number of aromatic nitrogens is 2. The molecule has 0 fully saturated rings. The normalized spacial score (nSPS) is 13.1. The van der Waals surface area contributed by atoms with Gasteiger partial charge in [0.15, 0.2) is 5.96 Å². The standard InChI is InChI=1S/C20H26FN5OS/c1-13(27-4)19-25-16(12-28-19)11-26(3)20(22-2)23-8-7-14-10-24-18-6-5-15(21)9-17(14)18/h5-6,9-10,12-13,24H,7-8,11H2,1-4H3,(H,22,23). The van der Waals surface area contributed by atoms with Crippen LogP contribution in [0.15, 0.2) is 34.8 Å². The molecule has 2 N–H and O–H groups in total. The van der Waals surface area contributed by atoms with Crippen molar-refractivity contribution in [2.45, 2.75) is 26.0 Å². The average molecular weight is 404 g/mol. The van der Waals surface area contributed by atoms with Crippen LogP contribution < -0.4 is 5.32 Å². The molecule has 2 heterocycles. The Morgan fingerprint density at radius 3 is 3.04 bits per heavy atom. The van der Waals surface area contributed by atoms with Crippen molar-refractivity contribution >= 4 is 28.2 Å². The van der Waals surface area contributed by atoms with Crippen LogP contribution >= 0.6 is 11.3 Å². The van der Waals surface area contributed by atoms with E-state index in [4.69, 9.17) is 4.74 Å². The van der Waals surface area contributed by atoms with Gasteiger partial charge in [-0.15, -0.1) is 11.3 Å². The summed E-state index contributed by atoms with van der Waals surface area (Å²) in [6.07, 6.45) is 2.71. The lowest BCUT2D eigenvalue weighted by Crippen LogP contribution is -2.39. The number of thiazole rings is 1. The number of fused-ring (bicyclic) bond motifs is 1. The van der Waals surface area contributed by atoms with Gasteiger partial charge in [-0.25, -0.2) is 9.37 Å². The number of nitrogens with one attached hydrogen (secondary N) is 2. The third-order valence-corrected chi connectivity index (χ3v) is 5.70.